The van der Waals surface area contributed by atoms with Crippen LogP contribution < -0.4 is 11.0 Å². The van der Waals surface area contributed by atoms with Gasteiger partial charge in [0.15, 0.2) is 11.5 Å². The van der Waals surface area contributed by atoms with E-state index in [2.05, 4.69) is 25.7 Å². The quantitative estimate of drug-likeness (QED) is 0.283. The third-order valence-electron chi connectivity index (χ3n) is 4.37. The molecule has 1 aromatic heterocycles. The summed E-state index contributed by atoms with van der Waals surface area (Å²) in [5.41, 5.74) is 4.66. The van der Waals surface area contributed by atoms with Gasteiger partial charge in [-0.3, -0.25) is 20.3 Å². The molecular weight excluding hydrogens is 396 g/mol. The number of nitrogens with one attached hydrogen (secondary N) is 2. The topological polar surface area (TPSA) is 126 Å². The summed E-state index contributed by atoms with van der Waals surface area (Å²) in [4.78, 5) is 27.4. The fraction of sp³-hybridized carbons (Fsp3) is 0. The molecule has 3 aromatic carbocycles. The van der Waals surface area contributed by atoms with Gasteiger partial charge in [-0.25, -0.2) is 10.1 Å². The maximum atomic E-state index is 12.6. The Bertz CT molecular complexity index is 1290. The summed E-state index contributed by atoms with van der Waals surface area (Å²) in [6, 6.07) is 24.2. The molecule has 1 heterocycles. The van der Waals surface area contributed by atoms with Gasteiger partial charge in [-0.2, -0.15) is 10.2 Å². The molecular formula is C22H16N6O3. The molecule has 0 fully saturated rings. The monoisotopic (exact) mass is 412 g/mol. The second-order valence-corrected chi connectivity index (χ2v) is 6.44. The van der Waals surface area contributed by atoms with Crippen LogP contribution in [0.1, 0.15) is 11.3 Å². The van der Waals surface area contributed by atoms with Gasteiger partial charge in [0.25, 0.3) is 11.2 Å². The normalized spacial score (nSPS) is 11.2. The van der Waals surface area contributed by atoms with Crippen molar-refractivity contribution in [1.29, 1.82) is 0 Å². The fourth-order valence-corrected chi connectivity index (χ4v) is 2.84. The van der Waals surface area contributed by atoms with E-state index in [-0.39, 0.29) is 11.4 Å². The maximum absolute atomic E-state index is 12.6. The summed E-state index contributed by atoms with van der Waals surface area (Å²) in [6.07, 6.45) is 0. The van der Waals surface area contributed by atoms with Gasteiger partial charge in [-0.15, -0.1) is 0 Å². The van der Waals surface area contributed by atoms with Gasteiger partial charge in [0.2, 0.25) is 0 Å². The Hall–Kier alpha value is -4.66. The lowest BCUT2D eigenvalue weighted by atomic mass is 10.1. The Kier molecular flexibility index (Phi) is 5.57. The van der Waals surface area contributed by atoms with Crippen molar-refractivity contribution in [3.05, 3.63) is 117 Å². The highest BCUT2D eigenvalue weighted by Crippen LogP contribution is 2.17. The van der Waals surface area contributed by atoms with Crippen LogP contribution in [0.15, 0.2) is 94.8 Å². The van der Waals surface area contributed by atoms with Crippen LogP contribution in [0.4, 0.5) is 11.4 Å². The number of anilines is 1. The molecule has 0 atom stereocenters. The molecule has 31 heavy (non-hydrogen) atoms. The molecule has 9 nitrogen and oxygen atoms in total. The molecule has 0 bridgehead atoms. The number of hydrogen-bond donors (Lipinski definition) is 2. The minimum Gasteiger partial charge on any atom is -0.278 e. The van der Waals surface area contributed by atoms with Crippen LogP contribution in [-0.2, 0) is 0 Å². The van der Waals surface area contributed by atoms with Gasteiger partial charge in [0, 0.05) is 23.3 Å². The summed E-state index contributed by atoms with van der Waals surface area (Å²) < 4.78 is 0. The first-order chi connectivity index (χ1) is 15.1. The third-order valence-corrected chi connectivity index (χ3v) is 4.37. The highest BCUT2D eigenvalue weighted by Gasteiger charge is 2.16. The molecule has 2 N–H and O–H groups in total. The highest BCUT2D eigenvalue weighted by atomic mass is 16.6. The van der Waals surface area contributed by atoms with E-state index in [4.69, 9.17) is 0 Å². The Balaban J connectivity index is 1.76. The Morgan fingerprint density at radius 1 is 0.935 bits per heavy atom. The number of aromatic nitrogens is 3. The van der Waals surface area contributed by atoms with Crippen molar-refractivity contribution in [3.8, 4) is 11.4 Å². The molecule has 0 saturated heterocycles. The lowest BCUT2D eigenvalue weighted by Crippen LogP contribution is -2.24. The predicted octanol–water partition coefficient (Wildman–Crippen LogP) is 3.60. The third kappa shape index (κ3) is 4.51. The average Bonchev–Trinajstić information content (AvgIpc) is 2.82. The van der Waals surface area contributed by atoms with Crippen LogP contribution in [0.5, 0.6) is 0 Å². The van der Waals surface area contributed by atoms with Gasteiger partial charge in [0.05, 0.1) is 10.6 Å². The summed E-state index contributed by atoms with van der Waals surface area (Å²) in [7, 11) is 0. The number of aromatic amines is 1. The summed E-state index contributed by atoms with van der Waals surface area (Å²) in [6.45, 7) is 0. The SMILES string of the molecule is O=c1[nH]nc(-c2ccccc2)nc1/C(=N\Nc1ccc([N+](=O)[O-])cc1)c1ccccc1. The van der Waals surface area contributed by atoms with Crippen molar-refractivity contribution in [2.24, 2.45) is 5.10 Å². The molecule has 0 saturated carbocycles. The van der Waals surface area contributed by atoms with E-state index in [1.54, 1.807) is 12.1 Å². The number of nitro groups is 1. The van der Waals surface area contributed by atoms with Gasteiger partial charge in [-0.1, -0.05) is 60.7 Å². The van der Waals surface area contributed by atoms with Crippen molar-refractivity contribution >= 4 is 17.1 Å². The predicted molar refractivity (Wildman–Crippen MR) is 117 cm³/mol. The van der Waals surface area contributed by atoms with Crippen LogP contribution in [0.3, 0.4) is 0 Å². The van der Waals surface area contributed by atoms with Crippen molar-refractivity contribution in [1.82, 2.24) is 15.2 Å². The van der Waals surface area contributed by atoms with Crippen molar-refractivity contribution in [2.75, 3.05) is 5.43 Å². The van der Waals surface area contributed by atoms with Crippen molar-refractivity contribution in [2.45, 2.75) is 0 Å². The number of benzene rings is 3. The van der Waals surface area contributed by atoms with Gasteiger partial charge in [-0.05, 0) is 12.1 Å². The lowest BCUT2D eigenvalue weighted by molar-refractivity contribution is -0.384. The number of nitro benzene ring substituents is 1. The Labute approximate surface area is 176 Å². The maximum Gasteiger partial charge on any atom is 0.292 e. The molecule has 9 heteroatoms. The molecule has 0 aliphatic carbocycles. The molecule has 0 radical (unpaired) electrons. The molecule has 4 aromatic rings. The largest absolute Gasteiger partial charge is 0.292 e. The standard InChI is InChI=1S/C22H16N6O3/c29-22-20(23-21(26-27-22)16-9-5-2-6-10-16)19(15-7-3-1-4-8-15)25-24-17-11-13-18(14-12-17)28(30)31/h1-14,24H,(H,27,29)/b25-19-. The minimum atomic E-state index is -0.493. The van der Waals surface area contributed by atoms with Crippen molar-refractivity contribution in [3.63, 3.8) is 0 Å². The smallest absolute Gasteiger partial charge is 0.278 e. The summed E-state index contributed by atoms with van der Waals surface area (Å²) in [5, 5.41) is 21.8. The number of nitrogens with zero attached hydrogens (tertiary/aromatic N) is 4. The molecule has 0 spiro atoms. The first-order valence-corrected chi connectivity index (χ1v) is 9.28. The number of hydrogen-bond acceptors (Lipinski definition) is 7. The van der Waals surface area contributed by atoms with E-state index < -0.39 is 10.5 Å². The molecule has 152 valence electrons. The Morgan fingerprint density at radius 3 is 2.23 bits per heavy atom. The van der Waals surface area contributed by atoms with E-state index in [9.17, 15) is 14.9 Å². The van der Waals surface area contributed by atoms with Crippen molar-refractivity contribution < 1.29 is 4.92 Å². The van der Waals surface area contributed by atoms with E-state index >= 15 is 0 Å². The highest BCUT2D eigenvalue weighted by molar-refractivity contribution is 6.11. The fourth-order valence-electron chi connectivity index (χ4n) is 2.84. The molecule has 0 aliphatic heterocycles. The zero-order valence-corrected chi connectivity index (χ0v) is 16.1. The Morgan fingerprint density at radius 2 is 1.58 bits per heavy atom. The van der Waals surface area contributed by atoms with Gasteiger partial charge >= 0.3 is 0 Å². The average molecular weight is 412 g/mol. The minimum absolute atomic E-state index is 0.0300. The molecule has 0 aliphatic rings. The number of non-ortho nitro benzene ring substituents is 1. The van der Waals surface area contributed by atoms with Crippen LogP contribution in [0.2, 0.25) is 0 Å². The lowest BCUT2D eigenvalue weighted by Gasteiger charge is -2.08. The molecule has 4 rings (SSSR count). The number of rotatable bonds is 6. The van der Waals surface area contributed by atoms with Crippen LogP contribution in [0, 0.1) is 10.1 Å². The second-order valence-electron chi connectivity index (χ2n) is 6.44. The molecule has 0 unspecified atom stereocenters. The van der Waals surface area contributed by atoms with E-state index in [1.165, 1.54) is 24.3 Å². The number of H-pyrrole nitrogens is 1. The van der Waals surface area contributed by atoms with Crippen LogP contribution in [0.25, 0.3) is 11.4 Å². The van der Waals surface area contributed by atoms with Crippen LogP contribution in [-0.4, -0.2) is 25.8 Å². The van der Waals surface area contributed by atoms with Gasteiger partial charge in [0.1, 0.15) is 5.71 Å². The second kappa shape index (κ2) is 8.78. The number of hydrazone groups is 1. The zero-order valence-electron chi connectivity index (χ0n) is 16.1. The van der Waals surface area contributed by atoms with E-state index in [0.29, 0.717) is 22.8 Å². The first-order valence-electron chi connectivity index (χ1n) is 9.28. The molecule has 0 amide bonds. The summed E-state index contributed by atoms with van der Waals surface area (Å²) in [5.74, 6) is 0.356. The van der Waals surface area contributed by atoms with E-state index in [1.807, 2.05) is 48.5 Å². The summed E-state index contributed by atoms with van der Waals surface area (Å²) >= 11 is 0. The zero-order chi connectivity index (χ0) is 21.6. The van der Waals surface area contributed by atoms with Crippen LogP contribution >= 0.6 is 0 Å². The van der Waals surface area contributed by atoms with E-state index in [0.717, 1.165) is 5.56 Å². The first kappa shape index (κ1) is 19.6. The van der Waals surface area contributed by atoms with Gasteiger partial charge < -0.3 is 0 Å².